The summed E-state index contributed by atoms with van der Waals surface area (Å²) in [5.74, 6) is -1.59. The number of halogens is 1. The number of rotatable bonds is 15. The number of benzene rings is 2. The first kappa shape index (κ1) is 35.5. The van der Waals surface area contributed by atoms with Crippen LogP contribution in [0.4, 0.5) is 0 Å². The topological polar surface area (TPSA) is 145 Å². The maximum Gasteiger partial charge on any atom is 0.328 e. The van der Waals surface area contributed by atoms with Crippen molar-refractivity contribution >= 4 is 33.6 Å². The van der Waals surface area contributed by atoms with Crippen molar-refractivity contribution in [1.29, 1.82) is 0 Å². The summed E-state index contributed by atoms with van der Waals surface area (Å²) in [7, 11) is -3.30. The van der Waals surface area contributed by atoms with Crippen LogP contribution in [0.2, 0.25) is 5.02 Å². The fourth-order valence-electron chi connectivity index (χ4n) is 5.80. The lowest BCUT2D eigenvalue weighted by atomic mass is 9.58. The van der Waals surface area contributed by atoms with Gasteiger partial charge in [-0.15, -0.1) is 0 Å². The summed E-state index contributed by atoms with van der Waals surface area (Å²) in [6, 6.07) is 14.9. The van der Waals surface area contributed by atoms with Gasteiger partial charge in [0.05, 0.1) is 5.75 Å². The summed E-state index contributed by atoms with van der Waals surface area (Å²) in [5, 5.41) is 20.2. The summed E-state index contributed by atoms with van der Waals surface area (Å²) >= 11 is 6.17. The average molecular weight is 650 g/mol. The second-order valence-corrected chi connectivity index (χ2v) is 13.3. The molecule has 10 nitrogen and oxygen atoms in total. The van der Waals surface area contributed by atoms with Crippen LogP contribution in [0.3, 0.4) is 0 Å². The number of carboxylic acids is 2. The first-order chi connectivity index (χ1) is 21.0. The van der Waals surface area contributed by atoms with E-state index in [4.69, 9.17) is 26.6 Å². The molecule has 12 heteroatoms. The molecule has 4 N–H and O–H groups in total. The van der Waals surface area contributed by atoms with E-state index in [0.717, 1.165) is 56.2 Å². The smallest absolute Gasteiger partial charge is 0.328 e. The van der Waals surface area contributed by atoms with Gasteiger partial charge in [-0.25, -0.2) is 22.7 Å². The molecule has 1 atom stereocenters. The molecule has 44 heavy (non-hydrogen) atoms. The number of sulfonamides is 1. The lowest BCUT2D eigenvalue weighted by molar-refractivity contribution is -0.134. The zero-order valence-corrected chi connectivity index (χ0v) is 27.0. The molecule has 1 fully saturated rings. The minimum atomic E-state index is -3.30. The maximum absolute atomic E-state index is 12.3. The van der Waals surface area contributed by atoms with Crippen LogP contribution in [0.1, 0.15) is 62.3 Å². The SMILES string of the molecule is CCN(CC)CCCS(=O)(=O)NCCOc1ccc2c(c1)C(C1(c3ccc(Cl)cc3)CCC1)NCC2.O=C(O)/C=C/C(=O)O. The van der Waals surface area contributed by atoms with E-state index in [1.54, 1.807) is 0 Å². The van der Waals surface area contributed by atoms with Gasteiger partial charge in [0.15, 0.2) is 0 Å². The molecular formula is C32H44ClN3O7S. The molecule has 4 rings (SSSR count). The summed E-state index contributed by atoms with van der Waals surface area (Å²) < 4.78 is 33.4. The summed E-state index contributed by atoms with van der Waals surface area (Å²) in [6.07, 6.45) is 6.26. The van der Waals surface area contributed by atoms with Crippen molar-refractivity contribution in [2.75, 3.05) is 45.1 Å². The number of aliphatic carboxylic acids is 2. The molecule has 1 unspecified atom stereocenters. The van der Waals surface area contributed by atoms with Gasteiger partial charge in [-0.05, 0) is 92.8 Å². The standard InChI is InChI=1S/C28H40ClN3O3S.C4H4O4/c1-3-32(4-2)18-6-20-36(33,34)31-17-19-35-25-12-7-22-13-16-30-27(26(22)21-25)28(14-5-15-28)23-8-10-24(29)11-9-23;5-3(6)1-2-4(7)8/h7-12,21,27,30-31H,3-6,13-20H2,1-2H3;1-2H,(H,5,6)(H,7,8)/b;2-1+. The third-order valence-electron chi connectivity index (χ3n) is 8.23. The zero-order chi connectivity index (χ0) is 32.2. The van der Waals surface area contributed by atoms with Gasteiger partial charge in [0.2, 0.25) is 10.0 Å². The van der Waals surface area contributed by atoms with Gasteiger partial charge >= 0.3 is 11.9 Å². The monoisotopic (exact) mass is 649 g/mol. The molecule has 0 radical (unpaired) electrons. The number of nitrogens with zero attached hydrogens (tertiary/aromatic N) is 1. The Morgan fingerprint density at radius 1 is 1.09 bits per heavy atom. The highest BCUT2D eigenvalue weighted by molar-refractivity contribution is 7.89. The molecule has 242 valence electrons. The Labute approximate surface area is 265 Å². The van der Waals surface area contributed by atoms with Gasteiger partial charge in [-0.1, -0.05) is 50.1 Å². The van der Waals surface area contributed by atoms with E-state index in [9.17, 15) is 18.0 Å². The number of carboxylic acid groups (broad SMARTS) is 2. The van der Waals surface area contributed by atoms with Crippen LogP contribution in [0, 0.1) is 0 Å². The van der Waals surface area contributed by atoms with Gasteiger partial charge in [0, 0.05) is 35.2 Å². The third-order valence-corrected chi connectivity index (χ3v) is 9.95. The van der Waals surface area contributed by atoms with Gasteiger partial charge in [-0.3, -0.25) is 0 Å². The Kier molecular flexibility index (Phi) is 13.7. The van der Waals surface area contributed by atoms with Gasteiger partial charge in [0.1, 0.15) is 12.4 Å². The molecule has 2 aromatic carbocycles. The number of nitrogens with one attached hydrogen (secondary N) is 2. The fraction of sp³-hybridized carbons (Fsp3) is 0.500. The van der Waals surface area contributed by atoms with Crippen LogP contribution in [0.5, 0.6) is 5.75 Å². The van der Waals surface area contributed by atoms with Crippen molar-refractivity contribution in [2.45, 2.75) is 57.4 Å². The largest absolute Gasteiger partial charge is 0.492 e. The quantitative estimate of drug-likeness (QED) is 0.163. The minimum absolute atomic E-state index is 0.0686. The molecule has 0 bridgehead atoms. The first-order valence-corrected chi connectivity index (χ1v) is 17.1. The Hall–Kier alpha value is -2.96. The summed E-state index contributed by atoms with van der Waals surface area (Å²) in [4.78, 5) is 21.3. The normalized spacial score (nSPS) is 17.3. The summed E-state index contributed by atoms with van der Waals surface area (Å²) in [6.45, 7) is 8.39. The van der Waals surface area contributed by atoms with Gasteiger partial charge in [-0.2, -0.15) is 0 Å². The minimum Gasteiger partial charge on any atom is -0.492 e. The highest BCUT2D eigenvalue weighted by atomic mass is 35.5. The van der Waals surface area contributed by atoms with Gasteiger partial charge in [0.25, 0.3) is 0 Å². The van der Waals surface area contributed by atoms with Crippen LogP contribution in [0.25, 0.3) is 0 Å². The van der Waals surface area contributed by atoms with Gasteiger partial charge < -0.3 is 25.2 Å². The molecule has 1 aliphatic heterocycles. The van der Waals surface area contributed by atoms with Crippen molar-refractivity contribution in [3.8, 4) is 5.75 Å². The van der Waals surface area contributed by atoms with Crippen molar-refractivity contribution in [3.63, 3.8) is 0 Å². The molecule has 0 amide bonds. The van der Waals surface area contributed by atoms with E-state index in [1.165, 1.54) is 23.1 Å². The van der Waals surface area contributed by atoms with E-state index in [1.807, 2.05) is 18.2 Å². The van der Waals surface area contributed by atoms with Crippen molar-refractivity contribution in [2.24, 2.45) is 0 Å². The lowest BCUT2D eigenvalue weighted by Crippen LogP contribution is -2.49. The molecule has 0 aromatic heterocycles. The molecular weight excluding hydrogens is 606 g/mol. The second kappa shape index (κ2) is 16.9. The second-order valence-electron chi connectivity index (χ2n) is 11.0. The highest BCUT2D eigenvalue weighted by Gasteiger charge is 2.47. The number of fused-ring (bicyclic) bond motifs is 1. The van der Waals surface area contributed by atoms with E-state index in [-0.39, 0.29) is 23.8 Å². The number of carbonyl (C=O) groups is 2. The van der Waals surface area contributed by atoms with E-state index in [2.05, 4.69) is 53.1 Å². The lowest BCUT2D eigenvalue weighted by Gasteiger charge is -2.50. The van der Waals surface area contributed by atoms with Crippen LogP contribution in [-0.4, -0.2) is 80.6 Å². The van der Waals surface area contributed by atoms with Crippen molar-refractivity contribution in [3.05, 3.63) is 76.3 Å². The van der Waals surface area contributed by atoms with Crippen LogP contribution < -0.4 is 14.8 Å². The maximum atomic E-state index is 12.3. The molecule has 1 aliphatic carbocycles. The highest BCUT2D eigenvalue weighted by Crippen LogP contribution is 2.53. The first-order valence-electron chi connectivity index (χ1n) is 15.1. The third kappa shape index (κ3) is 10.3. The molecule has 0 saturated heterocycles. The molecule has 0 spiro atoms. The predicted molar refractivity (Wildman–Crippen MR) is 172 cm³/mol. The Morgan fingerprint density at radius 3 is 2.32 bits per heavy atom. The van der Waals surface area contributed by atoms with E-state index >= 15 is 0 Å². The molecule has 2 aromatic rings. The van der Waals surface area contributed by atoms with E-state index in [0.29, 0.717) is 25.2 Å². The Morgan fingerprint density at radius 2 is 1.75 bits per heavy atom. The van der Waals surface area contributed by atoms with Crippen LogP contribution >= 0.6 is 11.6 Å². The van der Waals surface area contributed by atoms with Crippen LogP contribution in [-0.2, 0) is 31.4 Å². The Bertz CT molecular complexity index is 1360. The van der Waals surface area contributed by atoms with E-state index < -0.39 is 22.0 Å². The average Bonchev–Trinajstić information content (AvgIpc) is 2.97. The molecule has 2 aliphatic rings. The zero-order valence-electron chi connectivity index (χ0n) is 25.4. The Balaban J connectivity index is 0.000000583. The predicted octanol–water partition coefficient (Wildman–Crippen LogP) is 4.39. The van der Waals surface area contributed by atoms with Crippen molar-refractivity contribution < 1.29 is 33.0 Å². The molecule has 1 saturated carbocycles. The fourth-order valence-corrected chi connectivity index (χ4v) is 6.97. The summed E-state index contributed by atoms with van der Waals surface area (Å²) in [5.41, 5.74) is 4.06. The molecule has 1 heterocycles. The van der Waals surface area contributed by atoms with Crippen LogP contribution in [0.15, 0.2) is 54.6 Å². The number of hydrogen-bond acceptors (Lipinski definition) is 7. The van der Waals surface area contributed by atoms with Crippen molar-refractivity contribution in [1.82, 2.24) is 14.9 Å². The number of hydrogen-bond donors (Lipinski definition) is 4. The number of ether oxygens (including phenoxy) is 1.